The Bertz CT molecular complexity index is 996. The second-order valence-corrected chi connectivity index (χ2v) is 7.66. The van der Waals surface area contributed by atoms with Crippen molar-refractivity contribution >= 4 is 29.1 Å². The lowest BCUT2D eigenvalue weighted by Crippen LogP contribution is -2.50. The molecule has 6 heteroatoms. The summed E-state index contributed by atoms with van der Waals surface area (Å²) >= 11 is 0. The van der Waals surface area contributed by atoms with Gasteiger partial charge in [-0.25, -0.2) is 4.98 Å². The van der Waals surface area contributed by atoms with Gasteiger partial charge < -0.3 is 14.8 Å². The molecule has 1 saturated carbocycles. The Kier molecular flexibility index (Phi) is 5.13. The molecule has 28 heavy (non-hydrogen) atoms. The van der Waals surface area contributed by atoms with Gasteiger partial charge in [-0.1, -0.05) is 42.5 Å². The average molecular weight is 397 g/mol. The van der Waals surface area contributed by atoms with Gasteiger partial charge in [0.15, 0.2) is 0 Å². The first kappa shape index (κ1) is 19.0. The first-order valence-electron chi connectivity index (χ1n) is 9.70. The maximum absolute atomic E-state index is 13.4. The molecule has 2 heterocycles. The number of aryl methyl sites for hydroxylation is 1. The van der Waals surface area contributed by atoms with Crippen LogP contribution in [0.4, 0.5) is 0 Å². The number of imidazole rings is 1. The number of nitrogens with zero attached hydrogens (tertiary/aromatic N) is 3. The van der Waals surface area contributed by atoms with Crippen molar-refractivity contribution in [1.82, 2.24) is 19.8 Å². The minimum atomic E-state index is 0. The van der Waals surface area contributed by atoms with Crippen molar-refractivity contribution in [2.45, 2.75) is 18.4 Å². The fraction of sp³-hybridized carbons (Fsp3) is 0.364. The summed E-state index contributed by atoms with van der Waals surface area (Å²) in [6, 6.07) is 14.9. The Hall–Kier alpha value is -2.37. The Balaban J connectivity index is 0.00000192. The van der Waals surface area contributed by atoms with Gasteiger partial charge in [0.25, 0.3) is 0 Å². The van der Waals surface area contributed by atoms with E-state index in [1.165, 1.54) is 16.3 Å². The van der Waals surface area contributed by atoms with Crippen molar-refractivity contribution in [2.75, 3.05) is 19.6 Å². The predicted octanol–water partition coefficient (Wildman–Crippen LogP) is 3.27. The number of piperazine rings is 1. The van der Waals surface area contributed by atoms with Gasteiger partial charge in [0.1, 0.15) is 11.9 Å². The Morgan fingerprint density at radius 2 is 2.00 bits per heavy atom. The van der Waals surface area contributed by atoms with Gasteiger partial charge in [-0.3, -0.25) is 4.79 Å². The van der Waals surface area contributed by atoms with E-state index in [9.17, 15) is 4.79 Å². The number of carbonyl (C=O) groups excluding carboxylic acids is 1. The van der Waals surface area contributed by atoms with E-state index in [2.05, 4.69) is 57.7 Å². The number of nitrogens with one attached hydrogen (secondary N) is 1. The number of hydrogen-bond acceptors (Lipinski definition) is 3. The van der Waals surface area contributed by atoms with Crippen molar-refractivity contribution in [3.8, 4) is 0 Å². The summed E-state index contributed by atoms with van der Waals surface area (Å²) in [5.74, 6) is 1.66. The summed E-state index contributed by atoms with van der Waals surface area (Å²) in [5.41, 5.74) is 1.31. The van der Waals surface area contributed by atoms with Gasteiger partial charge >= 0.3 is 0 Å². The number of rotatable bonds is 3. The first-order valence-corrected chi connectivity index (χ1v) is 9.70. The van der Waals surface area contributed by atoms with E-state index in [0.717, 1.165) is 31.9 Å². The first-order chi connectivity index (χ1) is 13.2. The van der Waals surface area contributed by atoms with Crippen LogP contribution >= 0.6 is 12.4 Å². The molecular weight excluding hydrogens is 372 g/mol. The van der Waals surface area contributed by atoms with E-state index >= 15 is 0 Å². The second kappa shape index (κ2) is 7.57. The summed E-state index contributed by atoms with van der Waals surface area (Å²) in [6.07, 6.45) is 4.70. The molecule has 0 radical (unpaired) electrons. The van der Waals surface area contributed by atoms with Gasteiger partial charge in [-0.2, -0.15) is 0 Å². The molecule has 1 aliphatic carbocycles. The largest absolute Gasteiger partial charge is 0.336 e. The summed E-state index contributed by atoms with van der Waals surface area (Å²) in [7, 11) is 2.00. The van der Waals surface area contributed by atoms with Gasteiger partial charge in [-0.05, 0) is 28.7 Å². The van der Waals surface area contributed by atoms with E-state index in [-0.39, 0.29) is 30.3 Å². The van der Waals surface area contributed by atoms with Gasteiger partial charge in [0, 0.05) is 45.0 Å². The number of carbonyl (C=O) groups is 1. The van der Waals surface area contributed by atoms with Crippen LogP contribution in [-0.2, 0) is 11.8 Å². The quantitative estimate of drug-likeness (QED) is 0.739. The fourth-order valence-corrected chi connectivity index (χ4v) is 4.50. The van der Waals surface area contributed by atoms with Crippen LogP contribution in [0, 0.1) is 5.92 Å². The summed E-state index contributed by atoms with van der Waals surface area (Å²) < 4.78 is 2.02. The van der Waals surface area contributed by atoms with E-state index in [1.807, 2.05) is 24.0 Å². The van der Waals surface area contributed by atoms with E-state index in [0.29, 0.717) is 5.92 Å². The van der Waals surface area contributed by atoms with Crippen molar-refractivity contribution in [2.24, 2.45) is 13.0 Å². The van der Waals surface area contributed by atoms with Crippen LogP contribution in [0.3, 0.4) is 0 Å². The van der Waals surface area contributed by atoms with Crippen LogP contribution in [-0.4, -0.2) is 40.0 Å². The zero-order chi connectivity index (χ0) is 18.4. The molecule has 146 valence electrons. The van der Waals surface area contributed by atoms with Crippen LogP contribution in [0.15, 0.2) is 54.9 Å². The Labute approximate surface area is 171 Å². The third-order valence-corrected chi connectivity index (χ3v) is 6.01. The molecule has 1 aliphatic heterocycles. The highest BCUT2D eigenvalue weighted by Gasteiger charge is 2.48. The summed E-state index contributed by atoms with van der Waals surface area (Å²) in [6.45, 7) is 2.36. The summed E-state index contributed by atoms with van der Waals surface area (Å²) in [5, 5.41) is 5.94. The van der Waals surface area contributed by atoms with Crippen LogP contribution in [0.5, 0.6) is 0 Å². The average Bonchev–Trinajstić information content (AvgIpc) is 3.40. The van der Waals surface area contributed by atoms with Crippen LogP contribution in [0.2, 0.25) is 0 Å². The molecule has 1 saturated heterocycles. The predicted molar refractivity (Wildman–Crippen MR) is 113 cm³/mol. The molecule has 2 aliphatic rings. The lowest BCUT2D eigenvalue weighted by Gasteiger charge is -2.36. The number of benzene rings is 2. The molecular formula is C22H25ClN4O. The third kappa shape index (κ3) is 3.19. The van der Waals surface area contributed by atoms with Gasteiger partial charge in [-0.15, -0.1) is 12.4 Å². The highest BCUT2D eigenvalue weighted by Crippen LogP contribution is 2.51. The zero-order valence-electron chi connectivity index (χ0n) is 15.9. The van der Waals surface area contributed by atoms with Crippen molar-refractivity contribution in [3.05, 3.63) is 66.2 Å². The minimum Gasteiger partial charge on any atom is -0.336 e. The smallest absolute Gasteiger partial charge is 0.227 e. The van der Waals surface area contributed by atoms with E-state index in [1.54, 1.807) is 0 Å². The number of halogens is 1. The maximum atomic E-state index is 13.4. The number of aromatic nitrogens is 2. The number of hydrogen-bond donors (Lipinski definition) is 1. The molecule has 2 aromatic carbocycles. The molecule has 3 unspecified atom stereocenters. The molecule has 2 fully saturated rings. The topological polar surface area (TPSA) is 50.2 Å². The maximum Gasteiger partial charge on any atom is 0.227 e. The van der Waals surface area contributed by atoms with Crippen molar-refractivity contribution in [1.29, 1.82) is 0 Å². The SMILES string of the molecule is Cl.Cn1ccnc1C1CNCCN1C(=O)C1CC1c1cccc2ccccc12. The highest BCUT2D eigenvalue weighted by molar-refractivity contribution is 5.89. The minimum absolute atomic E-state index is 0. The zero-order valence-corrected chi connectivity index (χ0v) is 16.7. The Morgan fingerprint density at radius 1 is 1.18 bits per heavy atom. The third-order valence-electron chi connectivity index (χ3n) is 6.01. The Morgan fingerprint density at radius 3 is 2.82 bits per heavy atom. The number of fused-ring (bicyclic) bond motifs is 1. The van der Waals surface area contributed by atoms with Crippen LogP contribution in [0.1, 0.15) is 29.8 Å². The van der Waals surface area contributed by atoms with Gasteiger partial charge in [0.05, 0.1) is 0 Å². The lowest BCUT2D eigenvalue weighted by molar-refractivity contribution is -0.136. The molecule has 0 bridgehead atoms. The lowest BCUT2D eigenvalue weighted by atomic mass is 9.99. The second-order valence-electron chi connectivity index (χ2n) is 7.66. The molecule has 0 spiro atoms. The molecule has 5 nitrogen and oxygen atoms in total. The molecule has 5 rings (SSSR count). The number of amides is 1. The highest BCUT2D eigenvalue weighted by atomic mass is 35.5. The molecule has 1 aromatic heterocycles. The van der Waals surface area contributed by atoms with Crippen molar-refractivity contribution < 1.29 is 4.79 Å². The van der Waals surface area contributed by atoms with Crippen LogP contribution < -0.4 is 5.32 Å². The van der Waals surface area contributed by atoms with E-state index in [4.69, 9.17) is 0 Å². The molecule has 3 atom stereocenters. The van der Waals surface area contributed by atoms with E-state index < -0.39 is 0 Å². The molecule has 1 amide bonds. The fourth-order valence-electron chi connectivity index (χ4n) is 4.50. The van der Waals surface area contributed by atoms with Crippen LogP contribution in [0.25, 0.3) is 10.8 Å². The van der Waals surface area contributed by atoms with Crippen molar-refractivity contribution in [3.63, 3.8) is 0 Å². The summed E-state index contributed by atoms with van der Waals surface area (Å²) in [4.78, 5) is 19.9. The van der Waals surface area contributed by atoms with Gasteiger partial charge in [0.2, 0.25) is 5.91 Å². The molecule has 1 N–H and O–H groups in total. The normalized spacial score (nSPS) is 24.0. The standard InChI is InChI=1S/C22H24N4O.ClH/c1-25-11-10-24-21(25)20-14-23-9-12-26(20)22(27)19-13-18(19)17-8-4-6-15-5-2-3-7-16(15)17;/h2-8,10-11,18-20,23H,9,12-14H2,1H3;1H. The monoisotopic (exact) mass is 396 g/mol. The molecule has 3 aromatic rings.